The fraction of sp³-hybridized carbons (Fsp3) is 0.550. The van der Waals surface area contributed by atoms with Crippen molar-refractivity contribution >= 4 is 16.0 Å². The highest BCUT2D eigenvalue weighted by Gasteiger charge is 2.32. The van der Waals surface area contributed by atoms with Gasteiger partial charge in [0.05, 0.1) is 24.2 Å². The molecule has 9 heteroatoms. The van der Waals surface area contributed by atoms with Crippen LogP contribution in [0.15, 0.2) is 29.3 Å². The molecular weight excluding hydrogens is 392 g/mol. The molecule has 0 unspecified atom stereocenters. The quantitative estimate of drug-likeness (QED) is 0.748. The number of rotatable bonds is 5. The van der Waals surface area contributed by atoms with Gasteiger partial charge in [-0.15, -0.1) is 5.10 Å². The molecule has 156 valence electrons. The van der Waals surface area contributed by atoms with Crippen LogP contribution in [0.3, 0.4) is 0 Å². The van der Waals surface area contributed by atoms with Gasteiger partial charge >= 0.3 is 5.97 Å². The summed E-state index contributed by atoms with van der Waals surface area (Å²) >= 11 is 0. The number of aryl methyl sites for hydroxylation is 2. The van der Waals surface area contributed by atoms with Crippen LogP contribution >= 0.6 is 0 Å². The lowest BCUT2D eigenvalue weighted by Crippen LogP contribution is -2.43. The van der Waals surface area contributed by atoms with Gasteiger partial charge < -0.3 is 4.74 Å². The summed E-state index contributed by atoms with van der Waals surface area (Å²) in [5.41, 5.74) is 2.51. The SMILES string of the molecule is COC(=O)c1cn([C@@H]2CCCC[C@H]2NS(=O)(=O)c2ccc3c(c2)CCCC3)nn1. The van der Waals surface area contributed by atoms with Crippen molar-refractivity contribution in [1.29, 1.82) is 0 Å². The average molecular weight is 419 g/mol. The molecule has 1 N–H and O–H groups in total. The summed E-state index contributed by atoms with van der Waals surface area (Å²) in [7, 11) is -2.36. The largest absolute Gasteiger partial charge is 0.464 e. The van der Waals surface area contributed by atoms with Gasteiger partial charge in [0.1, 0.15) is 0 Å². The van der Waals surface area contributed by atoms with E-state index in [1.54, 1.807) is 10.7 Å². The maximum Gasteiger partial charge on any atom is 0.360 e. The van der Waals surface area contributed by atoms with E-state index in [-0.39, 0.29) is 17.8 Å². The number of fused-ring (bicyclic) bond motifs is 1. The minimum atomic E-state index is -3.65. The van der Waals surface area contributed by atoms with Crippen molar-refractivity contribution in [2.24, 2.45) is 0 Å². The lowest BCUT2D eigenvalue weighted by atomic mass is 9.91. The number of carbonyl (C=O) groups excluding carboxylic acids is 1. The van der Waals surface area contributed by atoms with Crippen molar-refractivity contribution in [3.8, 4) is 0 Å². The van der Waals surface area contributed by atoms with Crippen molar-refractivity contribution in [2.45, 2.75) is 68.3 Å². The Balaban J connectivity index is 1.56. The summed E-state index contributed by atoms with van der Waals surface area (Å²) in [6.07, 6.45) is 9.12. The van der Waals surface area contributed by atoms with Gasteiger partial charge in [-0.2, -0.15) is 0 Å². The zero-order valence-corrected chi connectivity index (χ0v) is 17.3. The number of methoxy groups -OCH3 is 1. The van der Waals surface area contributed by atoms with Gasteiger partial charge in [-0.1, -0.05) is 24.1 Å². The normalized spacial score (nSPS) is 22.1. The second kappa shape index (κ2) is 8.23. The Hall–Kier alpha value is -2.26. The van der Waals surface area contributed by atoms with E-state index in [4.69, 9.17) is 0 Å². The minimum Gasteiger partial charge on any atom is -0.464 e. The number of hydrogen-bond donors (Lipinski definition) is 1. The molecule has 1 saturated carbocycles. The number of esters is 1. The summed E-state index contributed by atoms with van der Waals surface area (Å²) in [4.78, 5) is 12.0. The van der Waals surface area contributed by atoms with E-state index in [0.717, 1.165) is 50.5 Å². The van der Waals surface area contributed by atoms with Crippen LogP contribution in [0.2, 0.25) is 0 Å². The maximum absolute atomic E-state index is 13.1. The summed E-state index contributed by atoms with van der Waals surface area (Å²) in [5, 5.41) is 7.91. The van der Waals surface area contributed by atoms with Gasteiger partial charge in [-0.3, -0.25) is 0 Å². The van der Waals surface area contributed by atoms with Crippen LogP contribution in [0.4, 0.5) is 0 Å². The third-order valence-electron chi connectivity index (χ3n) is 5.91. The molecule has 0 spiro atoms. The van der Waals surface area contributed by atoms with Gasteiger partial charge in [0.15, 0.2) is 5.69 Å². The highest BCUT2D eigenvalue weighted by Crippen LogP contribution is 2.30. The van der Waals surface area contributed by atoms with Crippen LogP contribution in [-0.4, -0.2) is 42.5 Å². The predicted molar refractivity (Wildman–Crippen MR) is 106 cm³/mol. The molecule has 4 rings (SSSR count). The Morgan fingerprint density at radius 1 is 1.14 bits per heavy atom. The number of hydrogen-bond acceptors (Lipinski definition) is 6. The van der Waals surface area contributed by atoms with Crippen LogP contribution in [-0.2, 0) is 27.6 Å². The van der Waals surface area contributed by atoms with E-state index < -0.39 is 16.0 Å². The zero-order chi connectivity index (χ0) is 20.4. The lowest BCUT2D eigenvalue weighted by Gasteiger charge is -2.31. The molecule has 1 aromatic heterocycles. The fourth-order valence-electron chi connectivity index (χ4n) is 4.35. The number of benzene rings is 1. The first-order valence-corrected chi connectivity index (χ1v) is 11.6. The molecule has 2 atom stereocenters. The molecule has 0 amide bonds. The van der Waals surface area contributed by atoms with E-state index in [2.05, 4.69) is 19.8 Å². The Morgan fingerprint density at radius 2 is 1.90 bits per heavy atom. The first-order valence-electron chi connectivity index (χ1n) is 10.1. The van der Waals surface area contributed by atoms with E-state index in [9.17, 15) is 13.2 Å². The highest BCUT2D eigenvalue weighted by molar-refractivity contribution is 7.89. The van der Waals surface area contributed by atoms with Gasteiger partial charge in [0.2, 0.25) is 10.0 Å². The second-order valence-corrected chi connectivity index (χ2v) is 9.51. The zero-order valence-electron chi connectivity index (χ0n) is 16.5. The standard InChI is InChI=1S/C20H26N4O4S/c1-28-20(25)18-13-24(23-21-18)19-9-5-4-8-17(19)22-29(26,27)16-11-10-14-6-2-3-7-15(14)12-16/h10-13,17,19,22H,2-9H2,1H3/t17-,19-/m1/s1. The molecule has 1 heterocycles. The van der Waals surface area contributed by atoms with Crippen molar-refractivity contribution < 1.29 is 17.9 Å². The first kappa shape index (κ1) is 20.0. The molecule has 0 saturated heterocycles. The number of nitrogens with one attached hydrogen (secondary N) is 1. The Morgan fingerprint density at radius 3 is 2.69 bits per heavy atom. The topological polar surface area (TPSA) is 103 Å². The van der Waals surface area contributed by atoms with Crippen LogP contribution in [0.1, 0.15) is 66.2 Å². The van der Waals surface area contributed by atoms with Crippen LogP contribution in [0.5, 0.6) is 0 Å². The molecule has 0 radical (unpaired) electrons. The number of aromatic nitrogens is 3. The number of ether oxygens (including phenoxy) is 1. The lowest BCUT2D eigenvalue weighted by molar-refractivity contribution is 0.0594. The molecule has 2 aliphatic rings. The van der Waals surface area contributed by atoms with Crippen LogP contribution < -0.4 is 4.72 Å². The van der Waals surface area contributed by atoms with Crippen molar-refractivity contribution in [1.82, 2.24) is 19.7 Å². The van der Waals surface area contributed by atoms with Gasteiger partial charge in [-0.05, 0) is 61.8 Å². The summed E-state index contributed by atoms with van der Waals surface area (Å²) in [6.45, 7) is 0. The monoisotopic (exact) mass is 418 g/mol. The summed E-state index contributed by atoms with van der Waals surface area (Å²) in [5.74, 6) is -0.557. The third kappa shape index (κ3) is 4.20. The van der Waals surface area contributed by atoms with E-state index >= 15 is 0 Å². The third-order valence-corrected chi connectivity index (χ3v) is 7.40. The summed E-state index contributed by atoms with van der Waals surface area (Å²) < 4.78 is 35.3. The van der Waals surface area contributed by atoms with E-state index in [0.29, 0.717) is 11.3 Å². The van der Waals surface area contributed by atoms with Crippen LogP contribution in [0, 0.1) is 0 Å². The molecule has 2 aliphatic carbocycles. The Labute approximate surface area is 170 Å². The minimum absolute atomic E-state index is 0.120. The number of sulfonamides is 1. The van der Waals surface area contributed by atoms with Crippen molar-refractivity contribution in [3.63, 3.8) is 0 Å². The second-order valence-electron chi connectivity index (χ2n) is 7.79. The molecule has 1 fully saturated rings. The van der Waals surface area contributed by atoms with E-state index in [1.165, 1.54) is 18.9 Å². The smallest absolute Gasteiger partial charge is 0.360 e. The van der Waals surface area contributed by atoms with Crippen molar-refractivity contribution in [3.05, 3.63) is 41.2 Å². The molecule has 29 heavy (non-hydrogen) atoms. The molecule has 0 bridgehead atoms. The van der Waals surface area contributed by atoms with Crippen LogP contribution in [0.25, 0.3) is 0 Å². The molecular formula is C20H26N4O4S. The average Bonchev–Trinajstić information content (AvgIpc) is 3.23. The van der Waals surface area contributed by atoms with Crippen molar-refractivity contribution in [2.75, 3.05) is 7.11 Å². The number of carbonyl (C=O) groups is 1. The molecule has 1 aromatic carbocycles. The molecule has 8 nitrogen and oxygen atoms in total. The fourth-order valence-corrected chi connectivity index (χ4v) is 5.70. The Kier molecular flexibility index (Phi) is 5.69. The summed E-state index contributed by atoms with van der Waals surface area (Å²) in [6, 6.07) is 4.97. The van der Waals surface area contributed by atoms with E-state index in [1.807, 2.05) is 12.1 Å². The Bertz CT molecular complexity index is 1000. The van der Waals surface area contributed by atoms with Gasteiger partial charge in [-0.25, -0.2) is 22.6 Å². The first-order chi connectivity index (χ1) is 14.0. The number of nitrogens with zero attached hydrogens (tertiary/aromatic N) is 3. The molecule has 2 aromatic rings. The highest BCUT2D eigenvalue weighted by atomic mass is 32.2. The molecule has 0 aliphatic heterocycles. The maximum atomic E-state index is 13.1. The van der Waals surface area contributed by atoms with Gasteiger partial charge in [0.25, 0.3) is 0 Å². The van der Waals surface area contributed by atoms with Gasteiger partial charge in [0, 0.05) is 6.04 Å². The predicted octanol–water partition coefficient (Wildman–Crippen LogP) is 2.41.